The van der Waals surface area contributed by atoms with Crippen LogP contribution in [-0.4, -0.2) is 23.6 Å². The molecule has 0 aliphatic heterocycles. The van der Waals surface area contributed by atoms with Crippen LogP contribution in [0.5, 0.6) is 5.75 Å². The van der Waals surface area contributed by atoms with Gasteiger partial charge in [0.1, 0.15) is 5.75 Å². The summed E-state index contributed by atoms with van der Waals surface area (Å²) in [6.45, 7) is 4.84. The number of carbonyl (C=O) groups excluding carboxylic acids is 1. The minimum atomic E-state index is -1.00. The van der Waals surface area contributed by atoms with Crippen molar-refractivity contribution < 1.29 is 19.4 Å². The van der Waals surface area contributed by atoms with Gasteiger partial charge in [0.25, 0.3) is 0 Å². The van der Waals surface area contributed by atoms with Crippen LogP contribution >= 0.6 is 0 Å². The first-order chi connectivity index (χ1) is 12.7. The molecule has 2 N–H and O–H groups in total. The number of hydrogen-bond acceptors (Lipinski definition) is 3. The van der Waals surface area contributed by atoms with Gasteiger partial charge in [-0.15, -0.1) is 0 Å². The van der Waals surface area contributed by atoms with E-state index in [2.05, 4.69) is 19.2 Å². The zero-order valence-corrected chi connectivity index (χ0v) is 16.2. The number of ether oxygens (including phenoxy) is 1. The molecule has 4 bridgehead atoms. The fourth-order valence-electron chi connectivity index (χ4n) is 6.96. The number of rotatable bonds is 6. The van der Waals surface area contributed by atoms with Gasteiger partial charge in [-0.1, -0.05) is 26.0 Å². The summed E-state index contributed by atoms with van der Waals surface area (Å²) in [6, 6.07) is 7.28. The maximum absolute atomic E-state index is 13.2. The van der Waals surface area contributed by atoms with Crippen LogP contribution in [0.25, 0.3) is 0 Å². The largest absolute Gasteiger partial charge is 0.482 e. The molecule has 27 heavy (non-hydrogen) atoms. The molecule has 5 rings (SSSR count). The second-order valence-corrected chi connectivity index (χ2v) is 9.92. The molecule has 4 aliphatic carbocycles. The third-order valence-electron chi connectivity index (χ3n) is 6.82. The molecular formula is C22H29NO4. The quantitative estimate of drug-likeness (QED) is 0.798. The fraction of sp³-hybridized carbons (Fsp3) is 0.636. The van der Waals surface area contributed by atoms with E-state index in [9.17, 15) is 9.59 Å². The highest BCUT2D eigenvalue weighted by Crippen LogP contribution is 2.69. The Bertz CT molecular complexity index is 755. The summed E-state index contributed by atoms with van der Waals surface area (Å²) in [5.41, 5.74) is 1.35. The van der Waals surface area contributed by atoms with E-state index in [1.54, 1.807) is 12.1 Å². The highest BCUT2D eigenvalue weighted by molar-refractivity contribution is 5.83. The molecule has 5 nitrogen and oxygen atoms in total. The van der Waals surface area contributed by atoms with E-state index in [1.165, 1.54) is 19.3 Å². The van der Waals surface area contributed by atoms with Crippen molar-refractivity contribution in [2.24, 2.45) is 22.2 Å². The van der Waals surface area contributed by atoms with Gasteiger partial charge in [0.15, 0.2) is 6.61 Å². The normalized spacial score (nSPS) is 36.4. The van der Waals surface area contributed by atoms with Crippen LogP contribution in [0.3, 0.4) is 0 Å². The first-order valence-electron chi connectivity index (χ1n) is 9.91. The smallest absolute Gasteiger partial charge is 0.341 e. The number of amides is 1. The summed E-state index contributed by atoms with van der Waals surface area (Å²) in [5, 5.41) is 11.9. The SMILES string of the molecule is CC12CC3CC(C)(C1)CC(C(=O)NCc1cccc(OCC(=O)O)c1)(C3)C2. The minimum absolute atomic E-state index is 0.195. The highest BCUT2D eigenvalue weighted by Gasteiger charge is 2.62. The van der Waals surface area contributed by atoms with Crippen LogP contribution in [-0.2, 0) is 16.1 Å². The predicted molar refractivity (Wildman–Crippen MR) is 101 cm³/mol. The maximum Gasteiger partial charge on any atom is 0.341 e. The topological polar surface area (TPSA) is 75.6 Å². The molecule has 1 aromatic rings. The molecule has 4 saturated carbocycles. The molecule has 2 atom stereocenters. The van der Waals surface area contributed by atoms with Crippen LogP contribution in [0.2, 0.25) is 0 Å². The number of nitrogens with one attached hydrogen (secondary N) is 1. The molecule has 0 radical (unpaired) electrons. The van der Waals surface area contributed by atoms with Crippen molar-refractivity contribution in [3.63, 3.8) is 0 Å². The van der Waals surface area contributed by atoms with Gasteiger partial charge in [0.2, 0.25) is 5.91 Å². The van der Waals surface area contributed by atoms with Crippen LogP contribution < -0.4 is 10.1 Å². The van der Waals surface area contributed by atoms with Gasteiger partial charge < -0.3 is 15.2 Å². The van der Waals surface area contributed by atoms with Crippen molar-refractivity contribution in [3.05, 3.63) is 29.8 Å². The van der Waals surface area contributed by atoms with Gasteiger partial charge in [0.05, 0.1) is 5.41 Å². The summed E-state index contributed by atoms with van der Waals surface area (Å²) in [6.07, 6.45) is 6.88. The standard InChI is InChI=1S/C22H29NO4/c1-20-7-16-8-21(2,12-20)14-22(9-16,13-20)19(26)23-10-15-4-3-5-17(6-15)27-11-18(24)25/h3-6,16H,7-14H2,1-2H3,(H,23,26)(H,24,25). The van der Waals surface area contributed by atoms with E-state index < -0.39 is 5.97 Å². The average molecular weight is 371 g/mol. The molecule has 0 spiro atoms. The Balaban J connectivity index is 1.43. The maximum atomic E-state index is 13.2. The Morgan fingerprint density at radius 3 is 2.48 bits per heavy atom. The van der Waals surface area contributed by atoms with Crippen LogP contribution in [0, 0.1) is 22.2 Å². The second-order valence-electron chi connectivity index (χ2n) is 9.92. The molecule has 146 valence electrons. The van der Waals surface area contributed by atoms with Gasteiger partial charge in [-0.3, -0.25) is 4.79 Å². The summed E-state index contributed by atoms with van der Waals surface area (Å²) in [4.78, 5) is 23.9. The molecule has 4 aliphatic rings. The monoisotopic (exact) mass is 371 g/mol. The first kappa shape index (κ1) is 18.3. The average Bonchev–Trinajstić information content (AvgIpc) is 2.55. The summed E-state index contributed by atoms with van der Waals surface area (Å²) >= 11 is 0. The third kappa shape index (κ3) is 3.56. The number of benzene rings is 1. The lowest BCUT2D eigenvalue weighted by Gasteiger charge is -2.64. The molecule has 0 saturated heterocycles. The van der Waals surface area contributed by atoms with Crippen molar-refractivity contribution in [2.45, 2.75) is 58.9 Å². The number of hydrogen-bond donors (Lipinski definition) is 2. The van der Waals surface area contributed by atoms with Crippen LogP contribution in [0.4, 0.5) is 0 Å². The van der Waals surface area contributed by atoms with Gasteiger partial charge in [-0.2, -0.15) is 0 Å². The molecule has 2 unspecified atom stereocenters. The van der Waals surface area contributed by atoms with E-state index >= 15 is 0 Å². The zero-order valence-electron chi connectivity index (χ0n) is 16.2. The Kier molecular flexibility index (Phi) is 4.24. The second kappa shape index (κ2) is 6.25. The number of carboxylic acids is 1. The van der Waals surface area contributed by atoms with Crippen molar-refractivity contribution in [1.82, 2.24) is 5.32 Å². The van der Waals surface area contributed by atoms with Crippen molar-refractivity contribution in [3.8, 4) is 5.75 Å². The highest BCUT2D eigenvalue weighted by atomic mass is 16.5. The lowest BCUT2D eigenvalue weighted by molar-refractivity contribution is -0.170. The lowest BCUT2D eigenvalue weighted by atomic mass is 9.40. The van der Waals surface area contributed by atoms with E-state index in [4.69, 9.17) is 9.84 Å². The Hall–Kier alpha value is -2.04. The van der Waals surface area contributed by atoms with E-state index in [1.807, 2.05) is 12.1 Å². The number of carbonyl (C=O) groups is 2. The molecule has 4 fully saturated rings. The number of aliphatic carboxylic acids is 1. The van der Waals surface area contributed by atoms with Crippen molar-refractivity contribution in [2.75, 3.05) is 6.61 Å². The van der Waals surface area contributed by atoms with Gasteiger partial charge in [0, 0.05) is 6.54 Å². The fourth-order valence-corrected chi connectivity index (χ4v) is 6.96. The Morgan fingerprint density at radius 2 is 1.85 bits per heavy atom. The van der Waals surface area contributed by atoms with Crippen LogP contribution in [0.15, 0.2) is 24.3 Å². The van der Waals surface area contributed by atoms with Gasteiger partial charge in [-0.05, 0) is 73.0 Å². The molecule has 5 heteroatoms. The Labute approximate surface area is 160 Å². The summed E-state index contributed by atoms with van der Waals surface area (Å²) in [5.74, 6) is 0.396. The van der Waals surface area contributed by atoms with Crippen LogP contribution in [0.1, 0.15) is 57.9 Å². The summed E-state index contributed by atoms with van der Waals surface area (Å²) in [7, 11) is 0. The molecule has 1 amide bonds. The zero-order chi connectivity index (χ0) is 19.3. The number of carboxylic acid groups (broad SMARTS) is 1. The van der Waals surface area contributed by atoms with E-state index in [0.29, 0.717) is 29.0 Å². The third-order valence-corrected chi connectivity index (χ3v) is 6.82. The summed E-state index contributed by atoms with van der Waals surface area (Å²) < 4.78 is 5.23. The van der Waals surface area contributed by atoms with Gasteiger partial charge in [-0.25, -0.2) is 4.79 Å². The van der Waals surface area contributed by atoms with E-state index in [0.717, 1.165) is 24.8 Å². The van der Waals surface area contributed by atoms with Crippen molar-refractivity contribution in [1.29, 1.82) is 0 Å². The Morgan fingerprint density at radius 1 is 1.15 bits per heavy atom. The van der Waals surface area contributed by atoms with E-state index in [-0.39, 0.29) is 17.9 Å². The van der Waals surface area contributed by atoms with Gasteiger partial charge >= 0.3 is 5.97 Å². The van der Waals surface area contributed by atoms with Crippen molar-refractivity contribution >= 4 is 11.9 Å². The minimum Gasteiger partial charge on any atom is -0.482 e. The molecule has 0 heterocycles. The first-order valence-corrected chi connectivity index (χ1v) is 9.91. The molecule has 0 aromatic heterocycles. The predicted octanol–water partition coefficient (Wildman–Crippen LogP) is 3.76. The molecule has 1 aromatic carbocycles. The lowest BCUT2D eigenvalue weighted by Crippen LogP contribution is -2.59. The molecular weight excluding hydrogens is 342 g/mol.